The number of aryl methyl sites for hydroxylation is 2. The number of nitrogens with zero attached hydrogens (tertiary/aromatic N) is 3. The SMILES string of the molecule is Cc1ccc(-c2n[nH]c(=S)n2CCC(=O)Nc2ncc(Cc3cccc(C)c3Cl)s2)cc1. The summed E-state index contributed by atoms with van der Waals surface area (Å²) < 4.78 is 2.33. The average Bonchev–Trinajstić information content (AvgIpc) is 3.36. The maximum Gasteiger partial charge on any atom is 0.227 e. The molecule has 0 aliphatic carbocycles. The molecule has 2 heterocycles. The Balaban J connectivity index is 1.38. The molecule has 2 aromatic heterocycles. The number of carbonyl (C=O) groups is 1. The highest BCUT2D eigenvalue weighted by atomic mass is 35.5. The normalized spacial score (nSPS) is 11.0. The van der Waals surface area contributed by atoms with Crippen LogP contribution < -0.4 is 5.32 Å². The first-order chi connectivity index (χ1) is 15.4. The molecule has 0 saturated heterocycles. The van der Waals surface area contributed by atoms with Gasteiger partial charge in [0.15, 0.2) is 15.7 Å². The van der Waals surface area contributed by atoms with Crippen LogP contribution in [0.25, 0.3) is 11.4 Å². The van der Waals surface area contributed by atoms with Crippen molar-refractivity contribution in [3.8, 4) is 11.4 Å². The number of hydrogen-bond donors (Lipinski definition) is 2. The van der Waals surface area contributed by atoms with Gasteiger partial charge in [-0.1, -0.05) is 59.6 Å². The van der Waals surface area contributed by atoms with Crippen LogP contribution in [0, 0.1) is 18.6 Å². The van der Waals surface area contributed by atoms with E-state index in [9.17, 15) is 4.79 Å². The summed E-state index contributed by atoms with van der Waals surface area (Å²) in [6.45, 7) is 4.44. The summed E-state index contributed by atoms with van der Waals surface area (Å²) in [6, 6.07) is 14.0. The van der Waals surface area contributed by atoms with Crippen LogP contribution in [-0.4, -0.2) is 25.7 Å². The van der Waals surface area contributed by atoms with E-state index in [0.29, 0.717) is 22.9 Å². The number of H-pyrrole nitrogens is 1. The molecule has 9 heteroatoms. The first-order valence-corrected chi connectivity index (χ1v) is 11.7. The van der Waals surface area contributed by atoms with Crippen molar-refractivity contribution in [2.45, 2.75) is 33.2 Å². The van der Waals surface area contributed by atoms with Gasteiger partial charge in [-0.05, 0) is 37.2 Å². The fourth-order valence-electron chi connectivity index (χ4n) is 3.32. The maximum atomic E-state index is 12.5. The quantitative estimate of drug-likeness (QED) is 0.318. The second kappa shape index (κ2) is 9.77. The van der Waals surface area contributed by atoms with Crippen LogP contribution in [0.1, 0.15) is 28.0 Å². The topological polar surface area (TPSA) is 75.6 Å². The molecule has 1 amide bonds. The molecule has 164 valence electrons. The largest absolute Gasteiger partial charge is 0.302 e. The van der Waals surface area contributed by atoms with E-state index in [2.05, 4.69) is 20.5 Å². The maximum absolute atomic E-state index is 12.5. The summed E-state index contributed by atoms with van der Waals surface area (Å²) in [6.07, 6.45) is 2.71. The molecule has 4 rings (SSSR count). The molecule has 0 fully saturated rings. The Morgan fingerprint density at radius 1 is 1.22 bits per heavy atom. The first kappa shape index (κ1) is 22.4. The van der Waals surface area contributed by atoms with E-state index in [-0.39, 0.29) is 12.3 Å². The summed E-state index contributed by atoms with van der Waals surface area (Å²) in [5.41, 5.74) is 4.21. The molecule has 0 radical (unpaired) electrons. The number of aromatic amines is 1. The molecule has 0 bridgehead atoms. The van der Waals surface area contributed by atoms with Gasteiger partial charge in [0.2, 0.25) is 5.91 Å². The van der Waals surface area contributed by atoms with Gasteiger partial charge in [0.05, 0.1) is 0 Å². The number of thiazole rings is 1. The van der Waals surface area contributed by atoms with Crippen molar-refractivity contribution in [1.82, 2.24) is 19.7 Å². The van der Waals surface area contributed by atoms with E-state index >= 15 is 0 Å². The summed E-state index contributed by atoms with van der Waals surface area (Å²) in [7, 11) is 0. The molecule has 0 saturated carbocycles. The third-order valence-electron chi connectivity index (χ3n) is 5.07. The Morgan fingerprint density at radius 2 is 2.00 bits per heavy atom. The van der Waals surface area contributed by atoms with Crippen LogP contribution in [0.15, 0.2) is 48.7 Å². The lowest BCUT2D eigenvalue weighted by molar-refractivity contribution is -0.116. The van der Waals surface area contributed by atoms with Crippen molar-refractivity contribution < 1.29 is 4.79 Å². The molecule has 32 heavy (non-hydrogen) atoms. The molecule has 0 spiro atoms. The van der Waals surface area contributed by atoms with Gasteiger partial charge in [-0.25, -0.2) is 4.98 Å². The number of benzene rings is 2. The monoisotopic (exact) mass is 483 g/mol. The second-order valence-corrected chi connectivity index (χ2v) is 9.40. The number of amides is 1. The minimum Gasteiger partial charge on any atom is -0.302 e. The Kier molecular flexibility index (Phi) is 6.83. The summed E-state index contributed by atoms with van der Waals surface area (Å²) >= 11 is 13.2. The predicted molar refractivity (Wildman–Crippen MR) is 132 cm³/mol. The van der Waals surface area contributed by atoms with E-state index in [0.717, 1.165) is 32.4 Å². The van der Waals surface area contributed by atoms with Crippen molar-refractivity contribution in [3.05, 3.63) is 80.0 Å². The van der Waals surface area contributed by atoms with E-state index in [1.165, 1.54) is 16.9 Å². The summed E-state index contributed by atoms with van der Waals surface area (Å²) in [5, 5.41) is 11.4. The Morgan fingerprint density at radius 3 is 2.78 bits per heavy atom. The number of anilines is 1. The average molecular weight is 484 g/mol. The number of nitrogens with one attached hydrogen (secondary N) is 2. The molecule has 2 N–H and O–H groups in total. The smallest absolute Gasteiger partial charge is 0.227 e. The van der Waals surface area contributed by atoms with Crippen LogP contribution >= 0.6 is 35.2 Å². The van der Waals surface area contributed by atoms with Gasteiger partial charge in [0, 0.05) is 41.0 Å². The number of hydrogen-bond acceptors (Lipinski definition) is 5. The molecule has 4 aromatic rings. The van der Waals surface area contributed by atoms with E-state index in [1.54, 1.807) is 6.20 Å². The highest BCUT2D eigenvalue weighted by Gasteiger charge is 2.13. The fraction of sp³-hybridized carbons (Fsp3) is 0.217. The van der Waals surface area contributed by atoms with Crippen molar-refractivity contribution in [3.63, 3.8) is 0 Å². The summed E-state index contributed by atoms with van der Waals surface area (Å²) in [5.74, 6) is 0.590. The van der Waals surface area contributed by atoms with Crippen molar-refractivity contribution in [2.24, 2.45) is 0 Å². The van der Waals surface area contributed by atoms with Crippen LogP contribution in [-0.2, 0) is 17.8 Å². The van der Waals surface area contributed by atoms with Gasteiger partial charge < -0.3 is 5.32 Å². The molecular formula is C23H22ClN5OS2. The van der Waals surface area contributed by atoms with Gasteiger partial charge in [-0.15, -0.1) is 11.3 Å². The number of rotatable bonds is 7. The summed E-state index contributed by atoms with van der Waals surface area (Å²) in [4.78, 5) is 17.9. The zero-order valence-electron chi connectivity index (χ0n) is 17.7. The lowest BCUT2D eigenvalue weighted by Gasteiger charge is -2.07. The molecule has 2 aromatic carbocycles. The first-order valence-electron chi connectivity index (χ1n) is 10.1. The molecule has 6 nitrogen and oxygen atoms in total. The van der Waals surface area contributed by atoms with Crippen LogP contribution in [0.5, 0.6) is 0 Å². The highest BCUT2D eigenvalue weighted by Crippen LogP contribution is 2.27. The van der Waals surface area contributed by atoms with Crippen molar-refractivity contribution in [2.75, 3.05) is 5.32 Å². The Labute approximate surface area is 200 Å². The molecule has 0 aliphatic heterocycles. The van der Waals surface area contributed by atoms with E-state index in [1.807, 2.05) is 60.9 Å². The van der Waals surface area contributed by atoms with Crippen LogP contribution in [0.2, 0.25) is 5.02 Å². The zero-order chi connectivity index (χ0) is 22.7. The highest BCUT2D eigenvalue weighted by molar-refractivity contribution is 7.71. The number of halogens is 1. The standard InChI is InChI=1S/C23H22ClN5OS2/c1-14-6-8-16(9-7-14)21-27-28-23(31)29(21)11-10-19(30)26-22-25-13-18(32-22)12-17-5-3-4-15(2)20(17)24/h3-9,13H,10-12H2,1-2H3,(H,28,31)(H,25,26,30). The molecular weight excluding hydrogens is 462 g/mol. The predicted octanol–water partition coefficient (Wildman–Crippen LogP) is 5.95. The second-order valence-electron chi connectivity index (χ2n) is 7.52. The Hall–Kier alpha value is -2.81. The molecule has 0 unspecified atom stereocenters. The van der Waals surface area contributed by atoms with E-state index < -0.39 is 0 Å². The number of carbonyl (C=O) groups excluding carboxylic acids is 1. The van der Waals surface area contributed by atoms with Gasteiger partial charge in [-0.2, -0.15) is 5.10 Å². The fourth-order valence-corrected chi connectivity index (χ4v) is 4.59. The third-order valence-corrected chi connectivity index (χ3v) is 6.83. The van der Waals surface area contributed by atoms with Crippen LogP contribution in [0.4, 0.5) is 5.13 Å². The minimum absolute atomic E-state index is 0.127. The number of aromatic nitrogens is 4. The lowest BCUT2D eigenvalue weighted by atomic mass is 10.1. The van der Waals surface area contributed by atoms with Gasteiger partial charge in [-0.3, -0.25) is 14.5 Å². The van der Waals surface area contributed by atoms with Crippen molar-refractivity contribution >= 4 is 46.2 Å². The van der Waals surface area contributed by atoms with Crippen LogP contribution in [0.3, 0.4) is 0 Å². The Bertz CT molecular complexity index is 1310. The van der Waals surface area contributed by atoms with Crippen molar-refractivity contribution in [1.29, 1.82) is 0 Å². The van der Waals surface area contributed by atoms with Gasteiger partial charge in [0.25, 0.3) is 0 Å². The van der Waals surface area contributed by atoms with E-state index in [4.69, 9.17) is 23.8 Å². The lowest BCUT2D eigenvalue weighted by Crippen LogP contribution is -2.15. The molecule has 0 aliphatic rings. The molecule has 0 atom stereocenters. The third kappa shape index (κ3) is 5.15. The zero-order valence-corrected chi connectivity index (χ0v) is 20.1. The van der Waals surface area contributed by atoms with Gasteiger partial charge in [0.1, 0.15) is 0 Å². The van der Waals surface area contributed by atoms with Gasteiger partial charge >= 0.3 is 0 Å². The minimum atomic E-state index is -0.127.